The average Bonchev–Trinajstić information content (AvgIpc) is 2.30. The van der Waals surface area contributed by atoms with Crippen LogP contribution in [0.1, 0.15) is 29.6 Å². The van der Waals surface area contributed by atoms with Gasteiger partial charge in [0.15, 0.2) is 0 Å². The van der Waals surface area contributed by atoms with E-state index in [-0.39, 0.29) is 23.1 Å². The van der Waals surface area contributed by atoms with Crippen LogP contribution in [-0.4, -0.2) is 22.2 Å². The van der Waals surface area contributed by atoms with Crippen molar-refractivity contribution in [1.82, 2.24) is 5.32 Å². The summed E-state index contributed by atoms with van der Waals surface area (Å²) in [5.41, 5.74) is -0.0537. The molecule has 0 radical (unpaired) electrons. The smallest absolute Gasteiger partial charge is 0.259 e. The molecule has 0 heterocycles. The highest BCUT2D eigenvalue weighted by Crippen LogP contribution is 2.26. The lowest BCUT2D eigenvalue weighted by atomic mass is 10.0. The summed E-state index contributed by atoms with van der Waals surface area (Å²) < 4.78 is 0. The molecule has 1 aromatic carbocycles. The maximum absolute atomic E-state index is 11.9. The van der Waals surface area contributed by atoms with Crippen LogP contribution in [0.15, 0.2) is 30.4 Å². The van der Waals surface area contributed by atoms with E-state index in [1.807, 2.05) is 6.08 Å². The molecule has 0 saturated heterocycles. The Hall–Kier alpha value is -1.97. The first-order valence-electron chi connectivity index (χ1n) is 5.65. The standard InChI is InChI=1S/C13H15NO3/c15-10-7-4-8-11(16)12(10)13(17)14-9-5-2-1-3-6-9/h1-2,4,7-9,15-16H,3,5-6H2,(H,14,17). The monoisotopic (exact) mass is 233 g/mol. The van der Waals surface area contributed by atoms with Gasteiger partial charge in [-0.05, 0) is 31.4 Å². The Balaban J connectivity index is 2.11. The molecular weight excluding hydrogens is 218 g/mol. The lowest BCUT2D eigenvalue weighted by Gasteiger charge is -2.19. The number of rotatable bonds is 2. The van der Waals surface area contributed by atoms with E-state index in [9.17, 15) is 15.0 Å². The second-order valence-electron chi connectivity index (χ2n) is 4.13. The van der Waals surface area contributed by atoms with Gasteiger partial charge < -0.3 is 15.5 Å². The number of carbonyl (C=O) groups excluding carboxylic acids is 1. The summed E-state index contributed by atoms with van der Waals surface area (Å²) in [6.07, 6.45) is 6.73. The molecule has 4 heteroatoms. The fourth-order valence-electron chi connectivity index (χ4n) is 1.94. The number of phenolic OH excluding ortho intramolecular Hbond substituents is 2. The maximum atomic E-state index is 11.9. The average molecular weight is 233 g/mol. The van der Waals surface area contributed by atoms with E-state index in [2.05, 4.69) is 11.4 Å². The van der Waals surface area contributed by atoms with E-state index in [0.29, 0.717) is 0 Å². The second kappa shape index (κ2) is 4.91. The fraction of sp³-hybridized carbons (Fsp3) is 0.308. The number of allylic oxidation sites excluding steroid dienone is 1. The zero-order valence-electron chi connectivity index (χ0n) is 9.39. The Bertz CT molecular complexity index is 434. The molecule has 1 aliphatic carbocycles. The van der Waals surface area contributed by atoms with Crippen LogP contribution in [0.3, 0.4) is 0 Å². The van der Waals surface area contributed by atoms with E-state index < -0.39 is 5.91 Å². The third kappa shape index (κ3) is 2.58. The first kappa shape index (κ1) is 11.5. The maximum Gasteiger partial charge on any atom is 0.259 e. The molecule has 1 aromatic rings. The van der Waals surface area contributed by atoms with Crippen molar-refractivity contribution in [3.63, 3.8) is 0 Å². The molecule has 1 amide bonds. The summed E-state index contributed by atoms with van der Waals surface area (Å²) >= 11 is 0. The molecule has 2 rings (SSSR count). The van der Waals surface area contributed by atoms with Gasteiger partial charge in [0.2, 0.25) is 0 Å². The number of amides is 1. The molecule has 1 atom stereocenters. The molecule has 1 unspecified atom stereocenters. The summed E-state index contributed by atoms with van der Waals surface area (Å²) in [6, 6.07) is 4.33. The van der Waals surface area contributed by atoms with Gasteiger partial charge in [-0.1, -0.05) is 18.2 Å². The van der Waals surface area contributed by atoms with Gasteiger partial charge in [0, 0.05) is 6.04 Å². The number of nitrogens with one attached hydrogen (secondary N) is 1. The molecule has 0 saturated carbocycles. The van der Waals surface area contributed by atoms with Gasteiger partial charge in [0.1, 0.15) is 17.1 Å². The number of carbonyl (C=O) groups is 1. The van der Waals surface area contributed by atoms with E-state index in [0.717, 1.165) is 19.3 Å². The van der Waals surface area contributed by atoms with Gasteiger partial charge in [0.25, 0.3) is 5.91 Å². The summed E-state index contributed by atoms with van der Waals surface area (Å²) in [5, 5.41) is 21.9. The van der Waals surface area contributed by atoms with Crippen molar-refractivity contribution in [2.24, 2.45) is 0 Å². The predicted molar refractivity (Wildman–Crippen MR) is 64.0 cm³/mol. The van der Waals surface area contributed by atoms with E-state index in [4.69, 9.17) is 0 Å². The van der Waals surface area contributed by atoms with Crippen molar-refractivity contribution in [2.75, 3.05) is 0 Å². The minimum absolute atomic E-state index is 0.0537. The fourth-order valence-corrected chi connectivity index (χ4v) is 1.94. The molecule has 0 spiro atoms. The predicted octanol–water partition coefficient (Wildman–Crippen LogP) is 1.94. The zero-order valence-corrected chi connectivity index (χ0v) is 9.39. The van der Waals surface area contributed by atoms with Crippen LogP contribution >= 0.6 is 0 Å². The molecule has 0 aliphatic heterocycles. The summed E-state index contributed by atoms with van der Waals surface area (Å²) in [7, 11) is 0. The Morgan fingerprint density at radius 3 is 2.53 bits per heavy atom. The minimum atomic E-state index is -0.430. The highest BCUT2D eigenvalue weighted by atomic mass is 16.3. The molecule has 1 aliphatic rings. The van der Waals surface area contributed by atoms with Gasteiger partial charge in [-0.3, -0.25) is 4.79 Å². The van der Waals surface area contributed by atoms with Crippen LogP contribution in [0.4, 0.5) is 0 Å². The lowest BCUT2D eigenvalue weighted by molar-refractivity contribution is 0.0929. The summed E-state index contributed by atoms with van der Waals surface area (Å²) in [4.78, 5) is 11.9. The lowest BCUT2D eigenvalue weighted by Crippen LogP contribution is -2.35. The zero-order chi connectivity index (χ0) is 12.3. The van der Waals surface area contributed by atoms with Gasteiger partial charge in [0.05, 0.1) is 0 Å². The quantitative estimate of drug-likeness (QED) is 0.684. The Kier molecular flexibility index (Phi) is 3.32. The first-order valence-corrected chi connectivity index (χ1v) is 5.65. The van der Waals surface area contributed by atoms with Gasteiger partial charge in [-0.15, -0.1) is 0 Å². The van der Waals surface area contributed by atoms with Crippen molar-refractivity contribution in [2.45, 2.75) is 25.3 Å². The summed E-state index contributed by atoms with van der Waals surface area (Å²) in [6.45, 7) is 0. The van der Waals surface area contributed by atoms with E-state index in [1.54, 1.807) is 0 Å². The third-order valence-electron chi connectivity index (χ3n) is 2.85. The van der Waals surface area contributed by atoms with Gasteiger partial charge in [-0.2, -0.15) is 0 Å². The topological polar surface area (TPSA) is 69.6 Å². The highest BCUT2D eigenvalue weighted by molar-refractivity contribution is 5.99. The Morgan fingerprint density at radius 1 is 1.24 bits per heavy atom. The van der Waals surface area contributed by atoms with Crippen LogP contribution in [-0.2, 0) is 0 Å². The molecule has 90 valence electrons. The van der Waals surface area contributed by atoms with Crippen LogP contribution in [0.2, 0.25) is 0 Å². The molecular formula is C13H15NO3. The normalized spacial score (nSPS) is 18.9. The van der Waals surface area contributed by atoms with Crippen molar-refractivity contribution < 1.29 is 15.0 Å². The highest BCUT2D eigenvalue weighted by Gasteiger charge is 2.19. The number of aromatic hydroxyl groups is 2. The second-order valence-corrected chi connectivity index (χ2v) is 4.13. The van der Waals surface area contributed by atoms with E-state index in [1.165, 1.54) is 18.2 Å². The van der Waals surface area contributed by atoms with Crippen LogP contribution < -0.4 is 5.32 Å². The third-order valence-corrected chi connectivity index (χ3v) is 2.85. The number of phenols is 2. The Morgan fingerprint density at radius 2 is 1.94 bits per heavy atom. The Labute approximate surface area is 99.6 Å². The van der Waals surface area contributed by atoms with Crippen LogP contribution in [0, 0.1) is 0 Å². The van der Waals surface area contributed by atoms with Gasteiger partial charge in [-0.25, -0.2) is 0 Å². The van der Waals surface area contributed by atoms with Gasteiger partial charge >= 0.3 is 0 Å². The molecule has 0 bridgehead atoms. The van der Waals surface area contributed by atoms with Crippen molar-refractivity contribution in [1.29, 1.82) is 0 Å². The minimum Gasteiger partial charge on any atom is -0.507 e. The van der Waals surface area contributed by atoms with Crippen molar-refractivity contribution in [3.05, 3.63) is 35.9 Å². The van der Waals surface area contributed by atoms with Crippen LogP contribution in [0.25, 0.3) is 0 Å². The molecule has 4 nitrogen and oxygen atoms in total. The SMILES string of the molecule is O=C(NC1CC=CCC1)c1c(O)cccc1O. The molecule has 0 fully saturated rings. The molecule has 3 N–H and O–H groups in total. The van der Waals surface area contributed by atoms with E-state index >= 15 is 0 Å². The van der Waals surface area contributed by atoms with Crippen LogP contribution in [0.5, 0.6) is 11.5 Å². The number of hydrogen-bond donors (Lipinski definition) is 3. The largest absolute Gasteiger partial charge is 0.507 e. The van der Waals surface area contributed by atoms with Crippen molar-refractivity contribution in [3.8, 4) is 11.5 Å². The molecule has 17 heavy (non-hydrogen) atoms. The van der Waals surface area contributed by atoms with Crippen molar-refractivity contribution >= 4 is 5.91 Å². The number of benzene rings is 1. The first-order chi connectivity index (χ1) is 8.18. The number of hydrogen-bond acceptors (Lipinski definition) is 3. The summed E-state index contributed by atoms with van der Waals surface area (Å²) in [5.74, 6) is -0.830. The molecule has 0 aromatic heterocycles.